The predicted molar refractivity (Wildman–Crippen MR) is 64.0 cm³/mol. The van der Waals surface area contributed by atoms with Gasteiger partial charge in [-0.3, -0.25) is 4.90 Å². The number of hydrogen-bond acceptors (Lipinski definition) is 3. The molecule has 2 aliphatic heterocycles. The van der Waals surface area contributed by atoms with Crippen LogP contribution in [0.3, 0.4) is 0 Å². The second kappa shape index (κ2) is 4.86. The standard InChI is InChI=1S/C11H22N2S/c1-9-11(5-7-14-9)13(2)10-4-3-6-12-8-10/h9-12H,3-8H2,1-2H3. The zero-order valence-electron chi connectivity index (χ0n) is 9.33. The zero-order chi connectivity index (χ0) is 9.97. The van der Waals surface area contributed by atoms with Crippen molar-refractivity contribution in [3.63, 3.8) is 0 Å². The summed E-state index contributed by atoms with van der Waals surface area (Å²) in [6.45, 7) is 4.80. The van der Waals surface area contributed by atoms with Gasteiger partial charge in [0.2, 0.25) is 0 Å². The molecule has 2 saturated heterocycles. The van der Waals surface area contributed by atoms with Crippen molar-refractivity contribution in [2.75, 3.05) is 25.9 Å². The van der Waals surface area contributed by atoms with Crippen LogP contribution in [0.5, 0.6) is 0 Å². The SMILES string of the molecule is CC1SCCC1N(C)C1CCCNC1. The molecular formula is C11H22N2S. The Hall–Kier alpha value is 0.270. The first-order chi connectivity index (χ1) is 6.79. The van der Waals surface area contributed by atoms with Crippen molar-refractivity contribution >= 4 is 11.8 Å². The van der Waals surface area contributed by atoms with Crippen molar-refractivity contribution < 1.29 is 0 Å². The minimum absolute atomic E-state index is 0.787. The Balaban J connectivity index is 1.89. The molecule has 0 bridgehead atoms. The lowest BCUT2D eigenvalue weighted by molar-refractivity contribution is 0.147. The van der Waals surface area contributed by atoms with Gasteiger partial charge in [-0.1, -0.05) is 6.92 Å². The van der Waals surface area contributed by atoms with E-state index >= 15 is 0 Å². The summed E-state index contributed by atoms with van der Waals surface area (Å²) in [5.74, 6) is 1.36. The van der Waals surface area contributed by atoms with E-state index in [1.54, 1.807) is 0 Å². The van der Waals surface area contributed by atoms with Crippen LogP contribution in [0.15, 0.2) is 0 Å². The van der Waals surface area contributed by atoms with Gasteiger partial charge in [0.1, 0.15) is 0 Å². The van der Waals surface area contributed by atoms with Gasteiger partial charge in [0, 0.05) is 23.9 Å². The Labute approximate surface area is 91.8 Å². The van der Waals surface area contributed by atoms with Gasteiger partial charge in [-0.15, -0.1) is 0 Å². The van der Waals surface area contributed by atoms with Crippen LogP contribution in [0.1, 0.15) is 26.2 Å². The van der Waals surface area contributed by atoms with E-state index in [1.165, 1.54) is 38.1 Å². The number of thioether (sulfide) groups is 1. The summed E-state index contributed by atoms with van der Waals surface area (Å²) in [7, 11) is 2.32. The average Bonchev–Trinajstić information content (AvgIpc) is 2.65. The maximum Gasteiger partial charge on any atom is 0.0221 e. The lowest BCUT2D eigenvalue weighted by atomic mass is 10.0. The number of nitrogens with zero attached hydrogens (tertiary/aromatic N) is 1. The summed E-state index contributed by atoms with van der Waals surface area (Å²) < 4.78 is 0. The van der Waals surface area contributed by atoms with Crippen LogP contribution in [0, 0.1) is 0 Å². The Morgan fingerprint density at radius 3 is 2.79 bits per heavy atom. The third-order valence-electron chi connectivity index (χ3n) is 3.71. The average molecular weight is 214 g/mol. The first-order valence-corrected chi connectivity index (χ1v) is 6.88. The van der Waals surface area contributed by atoms with Crippen molar-refractivity contribution in [3.05, 3.63) is 0 Å². The van der Waals surface area contributed by atoms with E-state index in [-0.39, 0.29) is 0 Å². The summed E-state index contributed by atoms with van der Waals surface area (Å²) in [6, 6.07) is 1.61. The van der Waals surface area contributed by atoms with E-state index in [4.69, 9.17) is 0 Å². The fourth-order valence-electron chi connectivity index (χ4n) is 2.71. The Morgan fingerprint density at radius 2 is 2.21 bits per heavy atom. The summed E-state index contributed by atoms with van der Waals surface area (Å²) in [4.78, 5) is 2.64. The molecule has 0 saturated carbocycles. The van der Waals surface area contributed by atoms with Gasteiger partial charge in [0.25, 0.3) is 0 Å². The van der Waals surface area contributed by atoms with E-state index in [9.17, 15) is 0 Å². The van der Waals surface area contributed by atoms with Crippen molar-refractivity contribution in [2.45, 2.75) is 43.5 Å². The lowest BCUT2D eigenvalue weighted by Crippen LogP contribution is -2.49. The topological polar surface area (TPSA) is 15.3 Å². The second-order valence-electron chi connectivity index (χ2n) is 4.60. The van der Waals surface area contributed by atoms with Crippen molar-refractivity contribution in [3.8, 4) is 0 Å². The van der Waals surface area contributed by atoms with Crippen LogP contribution >= 0.6 is 11.8 Å². The van der Waals surface area contributed by atoms with Gasteiger partial charge >= 0.3 is 0 Å². The Bertz CT molecular complexity index is 180. The molecule has 0 amide bonds. The molecule has 2 heterocycles. The van der Waals surface area contributed by atoms with Crippen molar-refractivity contribution in [1.82, 2.24) is 10.2 Å². The minimum atomic E-state index is 0.787. The quantitative estimate of drug-likeness (QED) is 0.751. The highest BCUT2D eigenvalue weighted by Crippen LogP contribution is 2.31. The molecule has 0 aromatic carbocycles. The molecule has 2 nitrogen and oxygen atoms in total. The highest BCUT2D eigenvalue weighted by atomic mass is 32.2. The molecule has 0 aromatic heterocycles. The van der Waals surface area contributed by atoms with E-state index in [1.807, 2.05) is 0 Å². The number of nitrogens with one attached hydrogen (secondary N) is 1. The van der Waals surface area contributed by atoms with Gasteiger partial charge in [0.15, 0.2) is 0 Å². The molecule has 0 aromatic rings. The van der Waals surface area contributed by atoms with Crippen LogP contribution in [-0.2, 0) is 0 Å². The molecule has 0 radical (unpaired) electrons. The Morgan fingerprint density at radius 1 is 1.36 bits per heavy atom. The van der Waals surface area contributed by atoms with Crippen LogP contribution in [0.4, 0.5) is 0 Å². The molecule has 3 unspecified atom stereocenters. The predicted octanol–water partition coefficient (Wildman–Crippen LogP) is 1.56. The monoisotopic (exact) mass is 214 g/mol. The van der Waals surface area contributed by atoms with E-state index in [0.717, 1.165) is 17.3 Å². The molecule has 1 N–H and O–H groups in total. The number of piperidine rings is 1. The molecule has 2 fully saturated rings. The van der Waals surface area contributed by atoms with Crippen LogP contribution in [-0.4, -0.2) is 48.1 Å². The molecule has 82 valence electrons. The maximum atomic E-state index is 3.51. The summed E-state index contributed by atoms with van der Waals surface area (Å²) >= 11 is 2.14. The molecule has 2 aliphatic rings. The van der Waals surface area contributed by atoms with Gasteiger partial charge < -0.3 is 5.32 Å². The maximum absolute atomic E-state index is 3.51. The summed E-state index contributed by atoms with van der Waals surface area (Å²) in [5, 5.41) is 4.34. The fourth-order valence-corrected chi connectivity index (χ4v) is 4.01. The van der Waals surface area contributed by atoms with E-state index in [2.05, 4.69) is 35.9 Å². The second-order valence-corrected chi connectivity index (χ2v) is 6.08. The largest absolute Gasteiger partial charge is 0.315 e. The third-order valence-corrected chi connectivity index (χ3v) is 5.02. The van der Waals surface area contributed by atoms with Gasteiger partial charge in [-0.05, 0) is 38.6 Å². The van der Waals surface area contributed by atoms with Crippen molar-refractivity contribution in [2.24, 2.45) is 0 Å². The first-order valence-electron chi connectivity index (χ1n) is 5.83. The lowest BCUT2D eigenvalue weighted by Gasteiger charge is -2.37. The molecule has 3 heteroatoms. The smallest absolute Gasteiger partial charge is 0.0221 e. The van der Waals surface area contributed by atoms with E-state index < -0.39 is 0 Å². The van der Waals surface area contributed by atoms with Crippen LogP contribution < -0.4 is 5.32 Å². The number of hydrogen-bond donors (Lipinski definition) is 1. The molecule has 2 rings (SSSR count). The van der Waals surface area contributed by atoms with E-state index in [0.29, 0.717) is 0 Å². The van der Waals surface area contributed by atoms with Gasteiger partial charge in [-0.25, -0.2) is 0 Å². The minimum Gasteiger partial charge on any atom is -0.315 e. The number of rotatable bonds is 2. The normalized spacial score (nSPS) is 39.2. The molecule has 14 heavy (non-hydrogen) atoms. The van der Waals surface area contributed by atoms with Crippen molar-refractivity contribution in [1.29, 1.82) is 0 Å². The third kappa shape index (κ3) is 2.26. The summed E-state index contributed by atoms with van der Waals surface area (Å²) in [6.07, 6.45) is 4.12. The van der Waals surface area contributed by atoms with Crippen LogP contribution in [0.25, 0.3) is 0 Å². The molecule has 3 atom stereocenters. The summed E-state index contributed by atoms with van der Waals surface area (Å²) in [5.41, 5.74) is 0. The Kier molecular flexibility index (Phi) is 3.74. The van der Waals surface area contributed by atoms with Gasteiger partial charge in [-0.2, -0.15) is 11.8 Å². The molecule has 0 aliphatic carbocycles. The van der Waals surface area contributed by atoms with Gasteiger partial charge in [0.05, 0.1) is 0 Å². The highest BCUT2D eigenvalue weighted by molar-refractivity contribution is 8.00. The zero-order valence-corrected chi connectivity index (χ0v) is 10.1. The number of likely N-dealkylation sites (N-methyl/N-ethyl adjacent to an activating group) is 1. The molecule has 0 spiro atoms. The van der Waals surface area contributed by atoms with Crippen LogP contribution in [0.2, 0.25) is 0 Å². The first kappa shape index (κ1) is 10.8. The highest BCUT2D eigenvalue weighted by Gasteiger charge is 2.31. The molecular weight excluding hydrogens is 192 g/mol. The fraction of sp³-hybridized carbons (Fsp3) is 1.00.